The molecule has 6 heteroatoms. The SMILES string of the molecule is COc1ccc(CN(Cc2ccc(CN)cc2)CC2CCCCC2)cc1[N+](=O)[O-]. The highest BCUT2D eigenvalue weighted by Gasteiger charge is 2.20. The third-order valence-electron chi connectivity index (χ3n) is 5.75. The molecule has 0 bridgehead atoms. The lowest BCUT2D eigenvalue weighted by molar-refractivity contribution is -0.385. The van der Waals surface area contributed by atoms with E-state index in [1.54, 1.807) is 12.1 Å². The average molecular weight is 398 g/mol. The molecule has 0 unspecified atom stereocenters. The molecule has 6 nitrogen and oxygen atoms in total. The van der Waals surface area contributed by atoms with Crippen molar-refractivity contribution in [1.29, 1.82) is 0 Å². The summed E-state index contributed by atoms with van der Waals surface area (Å²) in [5.74, 6) is 0.996. The summed E-state index contributed by atoms with van der Waals surface area (Å²) in [4.78, 5) is 13.4. The smallest absolute Gasteiger partial charge is 0.311 e. The van der Waals surface area contributed by atoms with Gasteiger partial charge in [-0.3, -0.25) is 15.0 Å². The Bertz CT molecular complexity index is 802. The molecule has 0 saturated heterocycles. The molecule has 2 aromatic rings. The Morgan fingerprint density at radius 2 is 1.66 bits per heavy atom. The summed E-state index contributed by atoms with van der Waals surface area (Å²) >= 11 is 0. The van der Waals surface area contributed by atoms with Crippen molar-refractivity contribution in [1.82, 2.24) is 4.90 Å². The van der Waals surface area contributed by atoms with Crippen molar-refractivity contribution in [3.63, 3.8) is 0 Å². The van der Waals surface area contributed by atoms with Crippen molar-refractivity contribution in [3.8, 4) is 5.75 Å². The lowest BCUT2D eigenvalue weighted by atomic mass is 9.88. The summed E-state index contributed by atoms with van der Waals surface area (Å²) in [5, 5.41) is 11.4. The van der Waals surface area contributed by atoms with Crippen LogP contribution in [0.25, 0.3) is 0 Å². The maximum Gasteiger partial charge on any atom is 0.311 e. The Balaban J connectivity index is 1.77. The standard InChI is InChI=1S/C23H31N3O3/c1-29-23-12-11-21(13-22(23)26(27)28)17-25(15-19-5-3-2-4-6-19)16-20-9-7-18(14-24)8-10-20/h7-13,19H,2-6,14-17,24H2,1H3. The van der Waals surface area contributed by atoms with Gasteiger partial charge in [-0.1, -0.05) is 49.6 Å². The number of hydrogen-bond donors (Lipinski definition) is 1. The van der Waals surface area contributed by atoms with Crippen LogP contribution in [0.4, 0.5) is 5.69 Å². The number of rotatable bonds is 9. The molecule has 156 valence electrons. The van der Waals surface area contributed by atoms with Crippen molar-refractivity contribution in [2.75, 3.05) is 13.7 Å². The Kier molecular flexibility index (Phi) is 7.61. The van der Waals surface area contributed by atoms with Gasteiger partial charge in [-0.05, 0) is 41.5 Å². The first-order valence-corrected chi connectivity index (χ1v) is 10.4. The fourth-order valence-electron chi connectivity index (χ4n) is 4.19. The van der Waals surface area contributed by atoms with Crippen molar-refractivity contribution in [2.45, 2.75) is 51.7 Å². The summed E-state index contributed by atoms with van der Waals surface area (Å²) < 4.78 is 5.14. The zero-order valence-electron chi connectivity index (χ0n) is 17.2. The molecule has 2 aromatic carbocycles. The Morgan fingerprint density at radius 3 is 2.28 bits per heavy atom. The maximum absolute atomic E-state index is 11.4. The average Bonchev–Trinajstić information content (AvgIpc) is 2.75. The third kappa shape index (κ3) is 6.02. The Labute approximate surface area is 172 Å². The quantitative estimate of drug-likeness (QED) is 0.492. The molecular formula is C23H31N3O3. The molecule has 0 radical (unpaired) electrons. The molecule has 0 heterocycles. The van der Waals surface area contributed by atoms with Crippen LogP contribution >= 0.6 is 0 Å². The predicted molar refractivity (Wildman–Crippen MR) is 115 cm³/mol. The summed E-state index contributed by atoms with van der Waals surface area (Å²) in [6.07, 6.45) is 6.48. The zero-order valence-corrected chi connectivity index (χ0v) is 17.2. The number of nitrogens with zero attached hydrogens (tertiary/aromatic N) is 2. The number of hydrogen-bond acceptors (Lipinski definition) is 5. The van der Waals surface area contributed by atoms with E-state index >= 15 is 0 Å². The van der Waals surface area contributed by atoms with Gasteiger partial charge in [0.2, 0.25) is 0 Å². The second-order valence-corrected chi connectivity index (χ2v) is 7.96. The largest absolute Gasteiger partial charge is 0.490 e. The Morgan fingerprint density at radius 1 is 1.03 bits per heavy atom. The molecule has 1 aliphatic carbocycles. The van der Waals surface area contributed by atoms with E-state index in [4.69, 9.17) is 10.5 Å². The lowest BCUT2D eigenvalue weighted by Gasteiger charge is -2.30. The van der Waals surface area contributed by atoms with E-state index in [2.05, 4.69) is 29.2 Å². The van der Waals surface area contributed by atoms with Crippen LogP contribution < -0.4 is 10.5 Å². The van der Waals surface area contributed by atoms with E-state index < -0.39 is 0 Å². The monoisotopic (exact) mass is 397 g/mol. The minimum absolute atomic E-state index is 0.0231. The van der Waals surface area contributed by atoms with Gasteiger partial charge in [0, 0.05) is 32.2 Å². The van der Waals surface area contributed by atoms with E-state index in [9.17, 15) is 10.1 Å². The topological polar surface area (TPSA) is 81.6 Å². The second kappa shape index (κ2) is 10.4. The highest BCUT2D eigenvalue weighted by atomic mass is 16.6. The van der Waals surface area contributed by atoms with E-state index in [1.165, 1.54) is 44.8 Å². The number of nitrogens with two attached hydrogens (primary N) is 1. The van der Waals surface area contributed by atoms with E-state index in [0.717, 1.165) is 24.2 Å². The minimum atomic E-state index is -0.376. The molecule has 0 spiro atoms. The maximum atomic E-state index is 11.4. The zero-order chi connectivity index (χ0) is 20.6. The van der Waals surface area contributed by atoms with Crippen LogP contribution in [-0.4, -0.2) is 23.5 Å². The first-order valence-electron chi connectivity index (χ1n) is 10.4. The molecule has 1 fully saturated rings. The van der Waals surface area contributed by atoms with Crippen molar-refractivity contribution in [2.24, 2.45) is 11.7 Å². The number of ether oxygens (including phenoxy) is 1. The molecule has 0 aliphatic heterocycles. The molecular weight excluding hydrogens is 366 g/mol. The minimum Gasteiger partial charge on any atom is -0.490 e. The molecule has 2 N–H and O–H groups in total. The molecule has 0 amide bonds. The molecule has 0 atom stereocenters. The third-order valence-corrected chi connectivity index (χ3v) is 5.75. The van der Waals surface area contributed by atoms with Crippen LogP contribution in [0.2, 0.25) is 0 Å². The van der Waals surface area contributed by atoms with Gasteiger partial charge in [0.1, 0.15) is 0 Å². The Hall–Kier alpha value is -2.44. The lowest BCUT2D eigenvalue weighted by Crippen LogP contribution is -2.30. The van der Waals surface area contributed by atoms with Gasteiger partial charge in [-0.2, -0.15) is 0 Å². The van der Waals surface area contributed by atoms with E-state index in [1.807, 2.05) is 6.07 Å². The van der Waals surface area contributed by atoms with Crippen LogP contribution in [0.15, 0.2) is 42.5 Å². The van der Waals surface area contributed by atoms with Gasteiger partial charge in [0.25, 0.3) is 0 Å². The van der Waals surface area contributed by atoms with Crippen LogP contribution in [0.3, 0.4) is 0 Å². The fourth-order valence-corrected chi connectivity index (χ4v) is 4.19. The number of nitro benzene ring substituents is 1. The molecule has 29 heavy (non-hydrogen) atoms. The summed E-state index contributed by atoms with van der Waals surface area (Å²) in [7, 11) is 1.46. The van der Waals surface area contributed by atoms with Gasteiger partial charge in [0.05, 0.1) is 12.0 Å². The van der Waals surface area contributed by atoms with Crippen LogP contribution in [-0.2, 0) is 19.6 Å². The van der Waals surface area contributed by atoms with Crippen molar-refractivity contribution < 1.29 is 9.66 Å². The number of benzene rings is 2. The van der Waals surface area contributed by atoms with Crippen LogP contribution in [0.5, 0.6) is 5.75 Å². The second-order valence-electron chi connectivity index (χ2n) is 7.96. The summed E-state index contributed by atoms with van der Waals surface area (Å²) in [6.45, 7) is 3.06. The van der Waals surface area contributed by atoms with Gasteiger partial charge in [-0.15, -0.1) is 0 Å². The van der Waals surface area contributed by atoms with Gasteiger partial charge in [0.15, 0.2) is 5.75 Å². The van der Waals surface area contributed by atoms with Crippen LogP contribution in [0, 0.1) is 16.0 Å². The summed E-state index contributed by atoms with van der Waals surface area (Å²) in [5.41, 5.74) is 9.03. The normalized spacial score (nSPS) is 14.9. The first-order chi connectivity index (χ1) is 14.1. The number of methoxy groups -OCH3 is 1. The highest BCUT2D eigenvalue weighted by molar-refractivity contribution is 5.48. The van der Waals surface area contributed by atoms with Crippen molar-refractivity contribution in [3.05, 3.63) is 69.3 Å². The highest BCUT2D eigenvalue weighted by Crippen LogP contribution is 2.29. The van der Waals surface area contributed by atoms with Crippen molar-refractivity contribution >= 4 is 5.69 Å². The van der Waals surface area contributed by atoms with Gasteiger partial charge >= 0.3 is 5.69 Å². The molecule has 1 saturated carbocycles. The van der Waals surface area contributed by atoms with Crippen LogP contribution in [0.1, 0.15) is 48.8 Å². The summed E-state index contributed by atoms with van der Waals surface area (Å²) in [6, 6.07) is 13.7. The molecule has 0 aromatic heterocycles. The predicted octanol–water partition coefficient (Wildman–Crippen LogP) is 4.64. The van der Waals surface area contributed by atoms with Gasteiger partial charge in [-0.25, -0.2) is 0 Å². The number of nitro groups is 1. The van der Waals surface area contributed by atoms with E-state index in [0.29, 0.717) is 24.8 Å². The first kappa shape index (κ1) is 21.3. The van der Waals surface area contributed by atoms with Gasteiger partial charge < -0.3 is 10.5 Å². The fraction of sp³-hybridized carbons (Fsp3) is 0.478. The van der Waals surface area contributed by atoms with E-state index in [-0.39, 0.29) is 10.6 Å². The molecule has 3 rings (SSSR count). The molecule has 1 aliphatic rings.